The fourth-order valence-corrected chi connectivity index (χ4v) is 3.50. The van der Waals surface area contributed by atoms with E-state index in [9.17, 15) is 13.2 Å². The molecule has 1 N–H and O–H groups in total. The fraction of sp³-hybridized carbons (Fsp3) is 1.00. The predicted molar refractivity (Wildman–Crippen MR) is 63.3 cm³/mol. The van der Waals surface area contributed by atoms with Crippen molar-refractivity contribution in [1.29, 1.82) is 0 Å². The van der Waals surface area contributed by atoms with Gasteiger partial charge in [-0.05, 0) is 45.1 Å². The molecule has 0 aromatic rings. The minimum atomic E-state index is -4.00. The molecular weight excluding hydrogens is 243 g/mol. The first-order valence-corrected chi connectivity index (χ1v) is 6.84. The molecule has 2 fully saturated rings. The Morgan fingerprint density at radius 3 is 2.17 bits per heavy atom. The van der Waals surface area contributed by atoms with Crippen molar-refractivity contribution in [1.82, 2.24) is 5.32 Å². The lowest BCUT2D eigenvalue weighted by molar-refractivity contribution is -0.184. The molecule has 0 aromatic heterocycles. The minimum absolute atomic E-state index is 0.292. The highest BCUT2D eigenvalue weighted by Gasteiger charge is 2.43. The molecule has 18 heavy (non-hydrogen) atoms. The second kappa shape index (κ2) is 5.78. The average Bonchev–Trinajstić information content (AvgIpc) is 2.83. The zero-order valence-electron chi connectivity index (χ0n) is 10.8. The van der Waals surface area contributed by atoms with E-state index in [0.29, 0.717) is 43.6 Å². The van der Waals surface area contributed by atoms with Crippen molar-refractivity contribution < 1.29 is 17.9 Å². The first kappa shape index (κ1) is 14.1. The third-order valence-electron chi connectivity index (χ3n) is 4.55. The van der Waals surface area contributed by atoms with Crippen LogP contribution in [0, 0.1) is 17.8 Å². The Balaban J connectivity index is 1.87. The monoisotopic (exact) mass is 265 g/mol. The lowest BCUT2D eigenvalue weighted by Gasteiger charge is -2.36. The Kier molecular flexibility index (Phi) is 4.54. The Morgan fingerprint density at radius 2 is 1.72 bits per heavy atom. The average molecular weight is 265 g/mol. The first-order valence-electron chi connectivity index (χ1n) is 6.84. The topological polar surface area (TPSA) is 21.3 Å². The molecule has 1 heterocycles. The Labute approximate surface area is 106 Å². The molecule has 1 aliphatic carbocycles. The van der Waals surface area contributed by atoms with Gasteiger partial charge < -0.3 is 10.1 Å². The van der Waals surface area contributed by atoms with Crippen molar-refractivity contribution in [2.24, 2.45) is 17.8 Å². The zero-order chi connectivity index (χ0) is 13.2. The van der Waals surface area contributed by atoms with Crippen molar-refractivity contribution >= 4 is 0 Å². The molecular formula is C13H22F3NO. The summed E-state index contributed by atoms with van der Waals surface area (Å²) in [5.41, 5.74) is 0. The van der Waals surface area contributed by atoms with Crippen LogP contribution in [0.2, 0.25) is 0 Å². The molecule has 5 heteroatoms. The van der Waals surface area contributed by atoms with Gasteiger partial charge in [0.1, 0.15) is 0 Å². The van der Waals surface area contributed by atoms with Crippen LogP contribution in [0.25, 0.3) is 0 Å². The van der Waals surface area contributed by atoms with Gasteiger partial charge in [-0.3, -0.25) is 0 Å². The second-order valence-corrected chi connectivity index (χ2v) is 5.59. The number of halogens is 3. The lowest BCUT2D eigenvalue weighted by Crippen LogP contribution is -2.43. The molecule has 1 saturated heterocycles. The molecule has 106 valence electrons. The summed E-state index contributed by atoms with van der Waals surface area (Å²) in [5, 5.41) is 3.31. The van der Waals surface area contributed by atoms with Gasteiger partial charge in [0.2, 0.25) is 0 Å². The van der Waals surface area contributed by atoms with Gasteiger partial charge >= 0.3 is 6.18 Å². The van der Waals surface area contributed by atoms with Gasteiger partial charge in [0.15, 0.2) is 0 Å². The summed E-state index contributed by atoms with van der Waals surface area (Å²) in [4.78, 5) is 0. The summed E-state index contributed by atoms with van der Waals surface area (Å²) in [6, 6.07) is 0.321. The van der Waals surface area contributed by atoms with E-state index in [1.807, 2.05) is 7.05 Å². The summed E-state index contributed by atoms with van der Waals surface area (Å²) >= 11 is 0. The third-order valence-corrected chi connectivity index (χ3v) is 4.55. The molecule has 1 aliphatic heterocycles. The van der Waals surface area contributed by atoms with Gasteiger partial charge in [-0.25, -0.2) is 0 Å². The molecule has 2 atom stereocenters. The van der Waals surface area contributed by atoms with Crippen LogP contribution in [0.3, 0.4) is 0 Å². The van der Waals surface area contributed by atoms with Crippen LogP contribution in [-0.2, 0) is 4.74 Å². The molecule has 2 unspecified atom stereocenters. The zero-order valence-corrected chi connectivity index (χ0v) is 10.8. The molecule has 2 aliphatic rings. The van der Waals surface area contributed by atoms with Crippen LogP contribution in [0.4, 0.5) is 13.2 Å². The van der Waals surface area contributed by atoms with Gasteiger partial charge in [0.05, 0.1) is 12.5 Å². The Hall–Kier alpha value is -0.290. The lowest BCUT2D eigenvalue weighted by atomic mass is 9.74. The molecule has 0 radical (unpaired) electrons. The van der Waals surface area contributed by atoms with Crippen molar-refractivity contribution in [3.8, 4) is 0 Å². The summed E-state index contributed by atoms with van der Waals surface area (Å²) in [6.45, 7) is 1.55. The van der Waals surface area contributed by atoms with Crippen LogP contribution >= 0.6 is 0 Å². The van der Waals surface area contributed by atoms with Crippen LogP contribution in [0.5, 0.6) is 0 Å². The number of rotatable bonds is 3. The van der Waals surface area contributed by atoms with Crippen LogP contribution in [-0.4, -0.2) is 32.5 Å². The third kappa shape index (κ3) is 3.18. The number of ether oxygens (including phenoxy) is 1. The maximum atomic E-state index is 12.6. The maximum absolute atomic E-state index is 12.6. The van der Waals surface area contributed by atoms with Gasteiger partial charge in [0, 0.05) is 18.6 Å². The normalized spacial score (nSPS) is 35.7. The molecule has 2 nitrogen and oxygen atoms in total. The number of alkyl halides is 3. The van der Waals surface area contributed by atoms with Gasteiger partial charge in [-0.2, -0.15) is 13.2 Å². The van der Waals surface area contributed by atoms with E-state index in [1.54, 1.807) is 0 Å². The van der Waals surface area contributed by atoms with E-state index in [-0.39, 0.29) is 0 Å². The highest BCUT2D eigenvalue weighted by molar-refractivity contribution is 4.88. The van der Waals surface area contributed by atoms with E-state index < -0.39 is 12.1 Å². The van der Waals surface area contributed by atoms with E-state index in [1.165, 1.54) is 0 Å². The van der Waals surface area contributed by atoms with Gasteiger partial charge in [-0.15, -0.1) is 0 Å². The van der Waals surface area contributed by atoms with Crippen LogP contribution < -0.4 is 5.32 Å². The highest BCUT2D eigenvalue weighted by Crippen LogP contribution is 2.41. The fourth-order valence-electron chi connectivity index (χ4n) is 3.50. The summed E-state index contributed by atoms with van der Waals surface area (Å²) in [5.74, 6) is -0.228. The number of nitrogens with one attached hydrogen (secondary N) is 1. The van der Waals surface area contributed by atoms with Gasteiger partial charge in [0.25, 0.3) is 0 Å². The number of hydrogen-bond acceptors (Lipinski definition) is 2. The van der Waals surface area contributed by atoms with E-state index >= 15 is 0 Å². The number of hydrogen-bond donors (Lipinski definition) is 1. The van der Waals surface area contributed by atoms with Gasteiger partial charge in [-0.1, -0.05) is 0 Å². The van der Waals surface area contributed by atoms with Crippen molar-refractivity contribution in [2.45, 2.75) is 44.3 Å². The Morgan fingerprint density at radius 1 is 1.06 bits per heavy atom. The predicted octanol–water partition coefficient (Wildman–Crippen LogP) is 2.98. The van der Waals surface area contributed by atoms with E-state index in [2.05, 4.69) is 5.32 Å². The summed E-state index contributed by atoms with van der Waals surface area (Å²) in [6.07, 6.45) is -1.01. The first-order chi connectivity index (χ1) is 8.52. The molecule has 0 amide bonds. The molecule has 0 bridgehead atoms. The second-order valence-electron chi connectivity index (χ2n) is 5.59. The van der Waals surface area contributed by atoms with Crippen molar-refractivity contribution in [3.05, 3.63) is 0 Å². The maximum Gasteiger partial charge on any atom is 0.391 e. The van der Waals surface area contributed by atoms with E-state index in [0.717, 1.165) is 19.6 Å². The van der Waals surface area contributed by atoms with Crippen LogP contribution in [0.1, 0.15) is 32.1 Å². The standard InChI is InChI=1S/C13H22F3NO/c1-17-12(10-6-7-18-8-10)9-2-4-11(5-3-9)13(14,15)16/h9-12,17H,2-8H2,1H3. The Bertz CT molecular complexity index is 255. The molecule has 0 spiro atoms. The quantitative estimate of drug-likeness (QED) is 0.847. The largest absolute Gasteiger partial charge is 0.391 e. The van der Waals surface area contributed by atoms with Crippen molar-refractivity contribution in [3.63, 3.8) is 0 Å². The molecule has 2 rings (SSSR count). The van der Waals surface area contributed by atoms with Crippen molar-refractivity contribution in [2.75, 3.05) is 20.3 Å². The smallest absolute Gasteiger partial charge is 0.381 e. The summed E-state index contributed by atoms with van der Waals surface area (Å²) in [7, 11) is 1.92. The molecule has 1 saturated carbocycles. The van der Waals surface area contributed by atoms with Crippen LogP contribution in [0.15, 0.2) is 0 Å². The summed E-state index contributed by atoms with van der Waals surface area (Å²) < 4.78 is 43.2. The molecule has 0 aromatic carbocycles. The minimum Gasteiger partial charge on any atom is -0.381 e. The van der Waals surface area contributed by atoms with E-state index in [4.69, 9.17) is 4.74 Å². The highest BCUT2D eigenvalue weighted by atomic mass is 19.4. The SMILES string of the molecule is CNC(C1CCC(C(F)(F)F)CC1)C1CCOC1.